The molecule has 4 rings (SSSR count). The number of nitrogens with zero attached hydrogens (tertiary/aromatic N) is 1. The van der Waals surface area contributed by atoms with Crippen molar-refractivity contribution in [2.75, 3.05) is 30.4 Å². The molecule has 1 unspecified atom stereocenters. The van der Waals surface area contributed by atoms with Crippen molar-refractivity contribution in [3.05, 3.63) is 83.9 Å². The molecule has 1 fully saturated rings. The summed E-state index contributed by atoms with van der Waals surface area (Å²) in [6.07, 6.45) is 0.667. The van der Waals surface area contributed by atoms with Crippen LogP contribution in [0.15, 0.2) is 77.7 Å². The molecule has 36 heavy (non-hydrogen) atoms. The van der Waals surface area contributed by atoms with Gasteiger partial charge < -0.3 is 15.0 Å². The van der Waals surface area contributed by atoms with Gasteiger partial charge in [-0.05, 0) is 60.9 Å². The first-order valence-electron chi connectivity index (χ1n) is 11.7. The molecule has 1 atom stereocenters. The maximum atomic E-state index is 12.9. The third kappa shape index (κ3) is 5.92. The smallest absolute Gasteiger partial charge is 0.240 e. The second-order valence-corrected chi connectivity index (χ2v) is 10.5. The molecule has 9 heteroatoms. The molecule has 0 spiro atoms. The summed E-state index contributed by atoms with van der Waals surface area (Å²) in [7, 11) is -2.13. The lowest BCUT2D eigenvalue weighted by Gasteiger charge is -2.20. The summed E-state index contributed by atoms with van der Waals surface area (Å²) < 4.78 is 33.2. The van der Waals surface area contributed by atoms with Crippen LogP contribution in [0.2, 0.25) is 0 Å². The number of methoxy groups -OCH3 is 1. The van der Waals surface area contributed by atoms with Gasteiger partial charge in [-0.25, -0.2) is 13.1 Å². The average molecular weight is 508 g/mol. The van der Waals surface area contributed by atoms with Gasteiger partial charge in [0.1, 0.15) is 5.75 Å². The van der Waals surface area contributed by atoms with Crippen LogP contribution < -0.4 is 19.7 Å². The van der Waals surface area contributed by atoms with Gasteiger partial charge in [0.15, 0.2) is 0 Å². The topological polar surface area (TPSA) is 105 Å². The lowest BCUT2D eigenvalue weighted by atomic mass is 10.1. The third-order valence-corrected chi connectivity index (χ3v) is 7.58. The first kappa shape index (κ1) is 25.4. The number of ether oxygens (including phenoxy) is 1. The molecule has 1 aliphatic heterocycles. The predicted molar refractivity (Wildman–Crippen MR) is 139 cm³/mol. The van der Waals surface area contributed by atoms with Crippen LogP contribution in [0, 0.1) is 12.8 Å². The van der Waals surface area contributed by atoms with Gasteiger partial charge in [-0.1, -0.05) is 36.4 Å². The van der Waals surface area contributed by atoms with Gasteiger partial charge in [-0.2, -0.15) is 0 Å². The fraction of sp³-hybridized carbons (Fsp3) is 0.259. The number of carbonyl (C=O) groups excluding carboxylic acids is 2. The number of anilines is 2. The van der Waals surface area contributed by atoms with Crippen LogP contribution in [-0.2, 0) is 26.0 Å². The molecule has 1 aliphatic rings. The Morgan fingerprint density at radius 1 is 1.06 bits per heavy atom. The van der Waals surface area contributed by atoms with Gasteiger partial charge in [0, 0.05) is 25.2 Å². The molecule has 0 aromatic heterocycles. The molecule has 3 aromatic rings. The summed E-state index contributed by atoms with van der Waals surface area (Å²) in [6.45, 7) is 2.45. The van der Waals surface area contributed by atoms with Crippen LogP contribution in [0.3, 0.4) is 0 Å². The predicted octanol–water partition coefficient (Wildman–Crippen LogP) is 3.52. The largest absolute Gasteiger partial charge is 0.495 e. The summed E-state index contributed by atoms with van der Waals surface area (Å²) in [4.78, 5) is 27.2. The van der Waals surface area contributed by atoms with Crippen molar-refractivity contribution in [1.82, 2.24) is 4.72 Å². The van der Waals surface area contributed by atoms with Gasteiger partial charge in [-0.15, -0.1) is 0 Å². The highest BCUT2D eigenvalue weighted by Gasteiger charge is 2.36. The fourth-order valence-corrected chi connectivity index (χ4v) is 5.18. The monoisotopic (exact) mass is 507 g/mol. The number of hydrogen-bond donors (Lipinski definition) is 2. The number of aryl methyl sites for hydroxylation is 1. The summed E-state index contributed by atoms with van der Waals surface area (Å²) in [5, 5.41) is 2.80. The minimum Gasteiger partial charge on any atom is -0.495 e. The van der Waals surface area contributed by atoms with Gasteiger partial charge in [0.2, 0.25) is 21.8 Å². The molecule has 2 N–H and O–H groups in total. The molecular formula is C27H29N3O5S. The number of benzene rings is 3. The number of hydrogen-bond acceptors (Lipinski definition) is 5. The zero-order valence-corrected chi connectivity index (χ0v) is 21.0. The van der Waals surface area contributed by atoms with E-state index in [1.165, 1.54) is 12.1 Å². The lowest BCUT2D eigenvalue weighted by Crippen LogP contribution is -2.28. The standard InChI is InChI=1S/C27H29N3O5S/c1-19-8-13-25(35-2)24(16-19)30-18-21(17-26(30)31)27(32)29-22-9-11-23(12-10-22)36(33,34)28-15-14-20-6-4-3-5-7-20/h3-13,16,21,28H,14-15,17-18H2,1-2H3,(H,29,32). The Balaban J connectivity index is 1.35. The maximum Gasteiger partial charge on any atom is 0.240 e. The van der Waals surface area contributed by atoms with Crippen molar-refractivity contribution >= 4 is 33.2 Å². The Hall–Kier alpha value is -3.69. The van der Waals surface area contributed by atoms with Crippen molar-refractivity contribution in [2.45, 2.75) is 24.7 Å². The van der Waals surface area contributed by atoms with Crippen LogP contribution in [0.4, 0.5) is 11.4 Å². The van der Waals surface area contributed by atoms with Crippen LogP contribution in [0.1, 0.15) is 17.5 Å². The van der Waals surface area contributed by atoms with Gasteiger partial charge >= 0.3 is 0 Å². The van der Waals surface area contributed by atoms with E-state index in [9.17, 15) is 18.0 Å². The molecule has 0 bridgehead atoms. The van der Waals surface area contributed by atoms with Crippen LogP contribution >= 0.6 is 0 Å². The zero-order valence-electron chi connectivity index (χ0n) is 20.2. The number of sulfonamides is 1. The Labute approximate surface area is 211 Å². The zero-order chi connectivity index (χ0) is 25.7. The molecule has 3 aromatic carbocycles. The molecule has 0 aliphatic carbocycles. The van der Waals surface area contributed by atoms with Crippen molar-refractivity contribution in [2.24, 2.45) is 5.92 Å². The fourth-order valence-electron chi connectivity index (χ4n) is 4.15. The lowest BCUT2D eigenvalue weighted by molar-refractivity contribution is -0.122. The SMILES string of the molecule is COc1ccc(C)cc1N1CC(C(=O)Nc2ccc(S(=O)(=O)NCCc3ccccc3)cc2)CC1=O. The Kier molecular flexibility index (Phi) is 7.71. The summed E-state index contributed by atoms with van der Waals surface area (Å²) >= 11 is 0. The summed E-state index contributed by atoms with van der Waals surface area (Å²) in [5.41, 5.74) is 3.13. The third-order valence-electron chi connectivity index (χ3n) is 6.10. The molecule has 188 valence electrons. The highest BCUT2D eigenvalue weighted by Crippen LogP contribution is 2.34. The van der Waals surface area contributed by atoms with E-state index in [0.29, 0.717) is 23.5 Å². The van der Waals surface area contributed by atoms with E-state index in [2.05, 4.69) is 10.0 Å². The number of carbonyl (C=O) groups is 2. The molecule has 0 saturated carbocycles. The maximum absolute atomic E-state index is 12.9. The quantitative estimate of drug-likeness (QED) is 0.461. The Morgan fingerprint density at radius 3 is 2.47 bits per heavy atom. The van der Waals surface area contributed by atoms with E-state index in [1.807, 2.05) is 49.4 Å². The van der Waals surface area contributed by atoms with Crippen molar-refractivity contribution in [1.29, 1.82) is 0 Å². The minimum absolute atomic E-state index is 0.0841. The molecular weight excluding hydrogens is 478 g/mol. The van der Waals surface area contributed by atoms with Crippen LogP contribution in [0.5, 0.6) is 5.75 Å². The van der Waals surface area contributed by atoms with Crippen molar-refractivity contribution in [3.63, 3.8) is 0 Å². The highest BCUT2D eigenvalue weighted by atomic mass is 32.2. The van der Waals surface area contributed by atoms with E-state index in [4.69, 9.17) is 4.74 Å². The Bertz CT molecular complexity index is 1340. The second-order valence-electron chi connectivity index (χ2n) is 8.73. The van der Waals surface area contributed by atoms with Gasteiger partial charge in [0.25, 0.3) is 0 Å². The number of amides is 2. The molecule has 0 radical (unpaired) electrons. The Morgan fingerprint density at radius 2 is 1.78 bits per heavy atom. The first-order chi connectivity index (χ1) is 17.3. The normalized spacial score (nSPS) is 15.7. The minimum atomic E-state index is -3.67. The van der Waals surface area contributed by atoms with E-state index in [1.54, 1.807) is 30.2 Å². The molecule has 2 amide bonds. The van der Waals surface area contributed by atoms with Crippen LogP contribution in [-0.4, -0.2) is 40.4 Å². The van der Waals surface area contributed by atoms with Crippen molar-refractivity contribution < 1.29 is 22.7 Å². The highest BCUT2D eigenvalue weighted by molar-refractivity contribution is 7.89. The second kappa shape index (κ2) is 10.9. The van der Waals surface area contributed by atoms with Gasteiger partial charge in [0.05, 0.1) is 23.6 Å². The molecule has 1 heterocycles. The average Bonchev–Trinajstić information content (AvgIpc) is 3.26. The van der Waals surface area contributed by atoms with E-state index in [-0.39, 0.29) is 36.2 Å². The summed E-state index contributed by atoms with van der Waals surface area (Å²) in [5.74, 6) is -0.411. The first-order valence-corrected chi connectivity index (χ1v) is 13.1. The van der Waals surface area contributed by atoms with Crippen LogP contribution in [0.25, 0.3) is 0 Å². The molecule has 1 saturated heterocycles. The molecule has 8 nitrogen and oxygen atoms in total. The van der Waals surface area contributed by atoms with Crippen molar-refractivity contribution in [3.8, 4) is 5.75 Å². The number of rotatable bonds is 9. The van der Waals surface area contributed by atoms with Gasteiger partial charge in [-0.3, -0.25) is 9.59 Å². The number of nitrogens with one attached hydrogen (secondary N) is 2. The summed E-state index contributed by atoms with van der Waals surface area (Å²) in [6, 6.07) is 21.2. The van der Waals surface area contributed by atoms with E-state index < -0.39 is 15.9 Å². The van der Waals surface area contributed by atoms with E-state index >= 15 is 0 Å². The van der Waals surface area contributed by atoms with E-state index in [0.717, 1.165) is 11.1 Å².